The Morgan fingerprint density at radius 1 is 1.21 bits per heavy atom. The zero-order chi connectivity index (χ0) is 19.9. The van der Waals surface area contributed by atoms with Crippen molar-refractivity contribution in [1.29, 1.82) is 0 Å². The third-order valence-corrected chi connectivity index (χ3v) is 5.53. The number of unbranched alkanes of at least 4 members (excludes halogenated alkanes) is 2. The number of amides is 1. The number of hydrogen-bond acceptors (Lipinski definition) is 6. The van der Waals surface area contributed by atoms with E-state index >= 15 is 0 Å². The SMILES string of the molecule is O=C(O)CCCCCN1C(=O)/C(=C/c2cccc(-c3cccnc3)n2)SC1=S. The zero-order valence-electron chi connectivity index (χ0n) is 15.1. The molecule has 2 aromatic heterocycles. The summed E-state index contributed by atoms with van der Waals surface area (Å²) in [7, 11) is 0. The van der Waals surface area contributed by atoms with Gasteiger partial charge in [0.25, 0.3) is 5.91 Å². The molecule has 28 heavy (non-hydrogen) atoms. The monoisotopic (exact) mass is 413 g/mol. The van der Waals surface area contributed by atoms with Crippen LogP contribution in [0.2, 0.25) is 0 Å². The summed E-state index contributed by atoms with van der Waals surface area (Å²) in [4.78, 5) is 34.0. The second kappa shape index (κ2) is 9.57. The number of carbonyl (C=O) groups excluding carboxylic acids is 1. The molecule has 3 rings (SSSR count). The summed E-state index contributed by atoms with van der Waals surface area (Å²) < 4.78 is 0.526. The van der Waals surface area contributed by atoms with Gasteiger partial charge in [0, 0.05) is 30.9 Å². The van der Waals surface area contributed by atoms with Crippen LogP contribution in [-0.2, 0) is 9.59 Å². The lowest BCUT2D eigenvalue weighted by Crippen LogP contribution is -2.29. The van der Waals surface area contributed by atoms with Crippen molar-refractivity contribution in [2.45, 2.75) is 25.7 Å². The highest BCUT2D eigenvalue weighted by molar-refractivity contribution is 8.26. The zero-order valence-corrected chi connectivity index (χ0v) is 16.7. The maximum atomic E-state index is 12.7. The van der Waals surface area contributed by atoms with Crippen LogP contribution in [0.3, 0.4) is 0 Å². The molecule has 0 radical (unpaired) electrons. The summed E-state index contributed by atoms with van der Waals surface area (Å²) in [6.45, 7) is 0.505. The number of hydrogen-bond donors (Lipinski definition) is 1. The van der Waals surface area contributed by atoms with Gasteiger partial charge in [-0.25, -0.2) is 4.98 Å². The Morgan fingerprint density at radius 3 is 2.82 bits per heavy atom. The molecule has 3 heterocycles. The van der Waals surface area contributed by atoms with Crippen LogP contribution in [0.1, 0.15) is 31.4 Å². The number of aliphatic carboxylic acids is 1. The van der Waals surface area contributed by atoms with Gasteiger partial charge in [0.1, 0.15) is 4.32 Å². The maximum absolute atomic E-state index is 12.7. The largest absolute Gasteiger partial charge is 0.481 e. The number of thioether (sulfide) groups is 1. The first kappa shape index (κ1) is 20.2. The van der Waals surface area contributed by atoms with Crippen molar-refractivity contribution >= 4 is 46.3 Å². The van der Waals surface area contributed by atoms with Crippen LogP contribution in [0.4, 0.5) is 0 Å². The van der Waals surface area contributed by atoms with Gasteiger partial charge in [-0.1, -0.05) is 36.5 Å². The maximum Gasteiger partial charge on any atom is 0.303 e. The Balaban J connectivity index is 1.66. The van der Waals surface area contributed by atoms with Crippen LogP contribution < -0.4 is 0 Å². The first-order chi connectivity index (χ1) is 13.5. The standard InChI is InChI=1S/C20H19N3O3S2/c24-18(25)9-2-1-3-11-23-19(26)17(28-20(23)27)12-15-7-4-8-16(22-15)14-6-5-10-21-13-14/h4-8,10,12-13H,1-3,9,11H2,(H,24,25)/b17-12-. The van der Waals surface area contributed by atoms with Crippen molar-refractivity contribution in [3.8, 4) is 11.3 Å². The van der Waals surface area contributed by atoms with Crippen LogP contribution in [0.5, 0.6) is 0 Å². The molecule has 0 saturated carbocycles. The van der Waals surface area contributed by atoms with E-state index in [1.54, 1.807) is 23.4 Å². The fraction of sp³-hybridized carbons (Fsp3) is 0.250. The number of rotatable bonds is 8. The van der Waals surface area contributed by atoms with Gasteiger partial charge < -0.3 is 5.11 Å². The van der Waals surface area contributed by atoms with Crippen molar-refractivity contribution in [1.82, 2.24) is 14.9 Å². The molecule has 2 aromatic rings. The highest BCUT2D eigenvalue weighted by atomic mass is 32.2. The van der Waals surface area contributed by atoms with E-state index in [2.05, 4.69) is 9.97 Å². The average molecular weight is 414 g/mol. The molecule has 8 heteroatoms. The lowest BCUT2D eigenvalue weighted by Gasteiger charge is -2.13. The number of aromatic nitrogens is 2. The van der Waals surface area contributed by atoms with E-state index in [1.165, 1.54) is 11.8 Å². The third kappa shape index (κ3) is 5.24. The number of nitrogens with zero attached hydrogens (tertiary/aromatic N) is 3. The molecule has 1 fully saturated rings. The highest BCUT2D eigenvalue weighted by Crippen LogP contribution is 2.32. The van der Waals surface area contributed by atoms with Crippen molar-refractivity contribution in [2.24, 2.45) is 0 Å². The van der Waals surface area contributed by atoms with Crippen LogP contribution in [0.15, 0.2) is 47.6 Å². The number of carboxylic acids is 1. The van der Waals surface area contributed by atoms with E-state index in [1.807, 2.05) is 30.3 Å². The molecule has 1 N–H and O–H groups in total. The summed E-state index contributed by atoms with van der Waals surface area (Å²) >= 11 is 6.61. The first-order valence-electron chi connectivity index (χ1n) is 8.89. The molecule has 1 aliphatic heterocycles. The highest BCUT2D eigenvalue weighted by Gasteiger charge is 2.31. The van der Waals surface area contributed by atoms with E-state index in [9.17, 15) is 9.59 Å². The predicted octanol–water partition coefficient (Wildman–Crippen LogP) is 3.99. The molecule has 1 aliphatic rings. The molecule has 6 nitrogen and oxygen atoms in total. The summed E-state index contributed by atoms with van der Waals surface area (Å²) in [6, 6.07) is 9.42. The second-order valence-corrected chi connectivity index (χ2v) is 7.90. The predicted molar refractivity (Wildman–Crippen MR) is 113 cm³/mol. The van der Waals surface area contributed by atoms with Gasteiger partial charge in [0.05, 0.1) is 16.3 Å². The van der Waals surface area contributed by atoms with Crippen LogP contribution in [-0.4, -0.2) is 42.7 Å². The van der Waals surface area contributed by atoms with Gasteiger partial charge in [-0.15, -0.1) is 0 Å². The Kier molecular flexibility index (Phi) is 6.89. The summed E-state index contributed by atoms with van der Waals surface area (Å²) in [6.07, 6.45) is 7.43. The van der Waals surface area contributed by atoms with Crippen molar-refractivity contribution < 1.29 is 14.7 Å². The lowest BCUT2D eigenvalue weighted by atomic mass is 10.2. The molecule has 0 aromatic carbocycles. The Labute approximate surface area is 172 Å². The van der Waals surface area contributed by atoms with Crippen LogP contribution in [0.25, 0.3) is 17.3 Å². The molecule has 0 aliphatic carbocycles. The van der Waals surface area contributed by atoms with Gasteiger partial charge in [-0.05, 0) is 43.2 Å². The molecule has 0 bridgehead atoms. The lowest BCUT2D eigenvalue weighted by molar-refractivity contribution is -0.137. The minimum atomic E-state index is -0.797. The van der Waals surface area contributed by atoms with Crippen molar-refractivity contribution in [3.05, 3.63) is 53.3 Å². The number of thiocarbonyl (C=S) groups is 1. The summed E-state index contributed by atoms with van der Waals surface area (Å²) in [5.74, 6) is -0.920. The Morgan fingerprint density at radius 2 is 2.07 bits per heavy atom. The minimum Gasteiger partial charge on any atom is -0.481 e. The molecular formula is C20H19N3O3S2. The number of carboxylic acid groups (broad SMARTS) is 1. The molecule has 144 valence electrons. The summed E-state index contributed by atoms with van der Waals surface area (Å²) in [5, 5.41) is 8.67. The van der Waals surface area contributed by atoms with Gasteiger partial charge in [-0.2, -0.15) is 0 Å². The topological polar surface area (TPSA) is 83.4 Å². The van der Waals surface area contributed by atoms with Gasteiger partial charge in [-0.3, -0.25) is 19.5 Å². The van der Waals surface area contributed by atoms with E-state index in [0.29, 0.717) is 27.9 Å². The van der Waals surface area contributed by atoms with E-state index in [4.69, 9.17) is 17.3 Å². The van der Waals surface area contributed by atoms with Crippen LogP contribution >= 0.6 is 24.0 Å². The van der Waals surface area contributed by atoms with Crippen molar-refractivity contribution in [3.63, 3.8) is 0 Å². The molecular weight excluding hydrogens is 394 g/mol. The van der Waals surface area contributed by atoms with Gasteiger partial charge in [0.2, 0.25) is 0 Å². The summed E-state index contributed by atoms with van der Waals surface area (Å²) in [5.41, 5.74) is 2.38. The molecule has 1 saturated heterocycles. The quantitative estimate of drug-likeness (QED) is 0.398. The van der Waals surface area contributed by atoms with E-state index in [-0.39, 0.29) is 12.3 Å². The average Bonchev–Trinajstić information content (AvgIpc) is 2.95. The fourth-order valence-electron chi connectivity index (χ4n) is 2.76. The molecule has 0 spiro atoms. The minimum absolute atomic E-state index is 0.123. The third-order valence-electron chi connectivity index (χ3n) is 4.15. The number of carbonyl (C=O) groups is 2. The van der Waals surface area contributed by atoms with Crippen LogP contribution in [0, 0.1) is 0 Å². The molecule has 0 atom stereocenters. The van der Waals surface area contributed by atoms with E-state index < -0.39 is 5.97 Å². The van der Waals surface area contributed by atoms with Gasteiger partial charge >= 0.3 is 5.97 Å². The van der Waals surface area contributed by atoms with Gasteiger partial charge in [0.15, 0.2) is 0 Å². The first-order valence-corrected chi connectivity index (χ1v) is 10.1. The Bertz CT molecular complexity index is 916. The van der Waals surface area contributed by atoms with E-state index in [0.717, 1.165) is 24.1 Å². The van der Waals surface area contributed by atoms with Crippen molar-refractivity contribution in [2.75, 3.05) is 6.54 Å². The fourth-order valence-corrected chi connectivity index (χ4v) is 4.05. The second-order valence-electron chi connectivity index (χ2n) is 6.23. The normalized spacial score (nSPS) is 15.4. The molecule has 1 amide bonds. The Hall–Kier alpha value is -2.58. The smallest absolute Gasteiger partial charge is 0.303 e. The molecule has 0 unspecified atom stereocenters. The number of pyridine rings is 2.